The number of aromatic nitrogens is 2. The Labute approximate surface area is 121 Å². The van der Waals surface area contributed by atoms with Crippen molar-refractivity contribution in [2.24, 2.45) is 13.0 Å². The summed E-state index contributed by atoms with van der Waals surface area (Å²) >= 11 is 0. The highest BCUT2D eigenvalue weighted by Gasteiger charge is 2.33. The van der Waals surface area contributed by atoms with Crippen LogP contribution in [0.15, 0.2) is 36.5 Å². The Morgan fingerprint density at radius 1 is 1.25 bits per heavy atom. The van der Waals surface area contributed by atoms with Crippen LogP contribution < -0.4 is 5.32 Å². The number of rotatable bonds is 5. The maximum Gasteiger partial charge on any atom is 0.0540 e. The Bertz CT molecular complexity index is 569. The minimum atomic E-state index is 0.328. The molecule has 0 saturated heterocycles. The largest absolute Gasteiger partial charge is 0.303 e. The van der Waals surface area contributed by atoms with Crippen molar-refractivity contribution in [1.29, 1.82) is 0 Å². The SMILES string of the molecule is Cc1c(C(C)NC(c2ccccc2)C2CC2)cnn1C. The molecule has 3 rings (SSSR count). The molecular formula is C17H23N3. The summed E-state index contributed by atoms with van der Waals surface area (Å²) in [6.07, 6.45) is 4.67. The molecule has 0 bridgehead atoms. The van der Waals surface area contributed by atoms with Crippen molar-refractivity contribution < 1.29 is 0 Å². The van der Waals surface area contributed by atoms with Gasteiger partial charge in [0.1, 0.15) is 0 Å². The van der Waals surface area contributed by atoms with E-state index in [1.54, 1.807) is 0 Å². The van der Waals surface area contributed by atoms with Crippen molar-refractivity contribution in [3.8, 4) is 0 Å². The first kappa shape index (κ1) is 13.4. The van der Waals surface area contributed by atoms with Gasteiger partial charge in [0, 0.05) is 30.4 Å². The zero-order chi connectivity index (χ0) is 14.1. The molecule has 2 atom stereocenters. The van der Waals surface area contributed by atoms with Crippen molar-refractivity contribution in [2.75, 3.05) is 0 Å². The van der Waals surface area contributed by atoms with Gasteiger partial charge in [0.2, 0.25) is 0 Å². The van der Waals surface area contributed by atoms with E-state index in [1.165, 1.54) is 29.7 Å². The highest BCUT2D eigenvalue weighted by Crippen LogP contribution is 2.42. The van der Waals surface area contributed by atoms with Gasteiger partial charge in [0.15, 0.2) is 0 Å². The second kappa shape index (κ2) is 5.41. The lowest BCUT2D eigenvalue weighted by Gasteiger charge is -2.24. The van der Waals surface area contributed by atoms with Crippen molar-refractivity contribution in [2.45, 2.75) is 38.8 Å². The quantitative estimate of drug-likeness (QED) is 0.900. The van der Waals surface area contributed by atoms with Crippen LogP contribution in [0, 0.1) is 12.8 Å². The maximum atomic E-state index is 4.35. The molecular weight excluding hydrogens is 246 g/mol. The topological polar surface area (TPSA) is 29.9 Å². The summed E-state index contributed by atoms with van der Waals surface area (Å²) in [5.41, 5.74) is 3.95. The van der Waals surface area contributed by atoms with E-state index in [2.05, 4.69) is 54.6 Å². The van der Waals surface area contributed by atoms with Gasteiger partial charge in [-0.1, -0.05) is 30.3 Å². The third kappa shape index (κ3) is 2.63. The third-order valence-corrected chi connectivity index (χ3v) is 4.42. The highest BCUT2D eigenvalue weighted by atomic mass is 15.3. The fourth-order valence-electron chi connectivity index (χ4n) is 2.89. The summed E-state index contributed by atoms with van der Waals surface area (Å²) in [4.78, 5) is 0. The first-order valence-electron chi connectivity index (χ1n) is 7.46. The Balaban J connectivity index is 1.79. The molecule has 0 aliphatic heterocycles. The number of aryl methyl sites for hydroxylation is 1. The number of nitrogens with one attached hydrogen (secondary N) is 1. The first-order chi connectivity index (χ1) is 9.66. The monoisotopic (exact) mass is 269 g/mol. The summed E-state index contributed by atoms with van der Waals surface area (Å²) in [6, 6.07) is 11.6. The van der Waals surface area contributed by atoms with Gasteiger partial charge in [-0.2, -0.15) is 5.10 Å². The summed E-state index contributed by atoms with van der Waals surface area (Å²) in [6.45, 7) is 4.37. The summed E-state index contributed by atoms with van der Waals surface area (Å²) < 4.78 is 1.95. The van der Waals surface area contributed by atoms with Crippen LogP contribution in [0.5, 0.6) is 0 Å². The molecule has 106 valence electrons. The molecule has 3 nitrogen and oxygen atoms in total. The predicted octanol–water partition coefficient (Wildman–Crippen LogP) is 3.53. The molecule has 1 heterocycles. The molecule has 1 aromatic heterocycles. The van der Waals surface area contributed by atoms with Gasteiger partial charge < -0.3 is 5.32 Å². The van der Waals surface area contributed by atoms with E-state index in [4.69, 9.17) is 0 Å². The second-order valence-corrected chi connectivity index (χ2v) is 5.92. The van der Waals surface area contributed by atoms with Gasteiger partial charge >= 0.3 is 0 Å². The van der Waals surface area contributed by atoms with Crippen LogP contribution in [0.4, 0.5) is 0 Å². The summed E-state index contributed by atoms with van der Waals surface area (Å²) in [5.74, 6) is 0.789. The zero-order valence-electron chi connectivity index (χ0n) is 12.5. The van der Waals surface area contributed by atoms with E-state index in [9.17, 15) is 0 Å². The van der Waals surface area contributed by atoms with Gasteiger partial charge in [-0.25, -0.2) is 0 Å². The van der Waals surface area contributed by atoms with Crippen LogP contribution in [0.2, 0.25) is 0 Å². The lowest BCUT2D eigenvalue weighted by Crippen LogP contribution is -2.26. The minimum absolute atomic E-state index is 0.328. The Morgan fingerprint density at radius 2 is 1.95 bits per heavy atom. The van der Waals surface area contributed by atoms with Gasteiger partial charge in [-0.3, -0.25) is 4.68 Å². The van der Waals surface area contributed by atoms with Crippen LogP contribution >= 0.6 is 0 Å². The lowest BCUT2D eigenvalue weighted by molar-refractivity contribution is 0.426. The van der Waals surface area contributed by atoms with Crippen LogP contribution in [-0.4, -0.2) is 9.78 Å². The Kier molecular flexibility index (Phi) is 3.62. The normalized spacial score (nSPS) is 17.9. The highest BCUT2D eigenvalue weighted by molar-refractivity contribution is 5.24. The summed E-state index contributed by atoms with van der Waals surface area (Å²) in [7, 11) is 2.00. The van der Waals surface area contributed by atoms with Crippen molar-refractivity contribution in [1.82, 2.24) is 15.1 Å². The van der Waals surface area contributed by atoms with Gasteiger partial charge in [0.05, 0.1) is 6.20 Å². The van der Waals surface area contributed by atoms with Crippen LogP contribution in [0.3, 0.4) is 0 Å². The van der Waals surface area contributed by atoms with Crippen molar-refractivity contribution >= 4 is 0 Å². The fourth-order valence-corrected chi connectivity index (χ4v) is 2.89. The first-order valence-corrected chi connectivity index (χ1v) is 7.46. The molecule has 1 N–H and O–H groups in total. The standard InChI is InChI=1S/C17H23N3/c1-12(16-11-18-20(3)13(16)2)19-17(15-9-10-15)14-7-5-4-6-8-14/h4-8,11-12,15,17,19H,9-10H2,1-3H3. The van der Waals surface area contributed by atoms with Crippen LogP contribution in [0.1, 0.15) is 48.7 Å². The van der Waals surface area contributed by atoms with Crippen molar-refractivity contribution in [3.05, 3.63) is 53.3 Å². The number of nitrogens with zero attached hydrogens (tertiary/aromatic N) is 2. The molecule has 2 unspecified atom stereocenters. The average molecular weight is 269 g/mol. The number of hydrogen-bond donors (Lipinski definition) is 1. The molecule has 3 heteroatoms. The molecule has 1 saturated carbocycles. The van der Waals surface area contributed by atoms with Crippen molar-refractivity contribution in [3.63, 3.8) is 0 Å². The maximum absolute atomic E-state index is 4.35. The number of hydrogen-bond acceptors (Lipinski definition) is 2. The lowest BCUT2D eigenvalue weighted by atomic mass is 10.00. The molecule has 0 amide bonds. The molecule has 20 heavy (non-hydrogen) atoms. The van der Waals surface area contributed by atoms with E-state index in [-0.39, 0.29) is 0 Å². The fraction of sp³-hybridized carbons (Fsp3) is 0.471. The van der Waals surface area contributed by atoms with E-state index < -0.39 is 0 Å². The molecule has 0 spiro atoms. The molecule has 1 fully saturated rings. The third-order valence-electron chi connectivity index (χ3n) is 4.42. The summed E-state index contributed by atoms with van der Waals surface area (Å²) in [5, 5.41) is 8.17. The molecule has 1 aliphatic carbocycles. The van der Waals surface area contributed by atoms with Gasteiger partial charge in [-0.15, -0.1) is 0 Å². The van der Waals surface area contributed by atoms with E-state index in [1.807, 2.05) is 17.9 Å². The van der Waals surface area contributed by atoms with E-state index in [0.29, 0.717) is 12.1 Å². The average Bonchev–Trinajstić information content (AvgIpc) is 3.24. The molecule has 1 aliphatic rings. The predicted molar refractivity (Wildman–Crippen MR) is 81.4 cm³/mol. The second-order valence-electron chi connectivity index (χ2n) is 5.92. The van der Waals surface area contributed by atoms with E-state index in [0.717, 1.165) is 5.92 Å². The Morgan fingerprint density at radius 3 is 2.50 bits per heavy atom. The van der Waals surface area contributed by atoms with Crippen LogP contribution in [-0.2, 0) is 7.05 Å². The smallest absolute Gasteiger partial charge is 0.0540 e. The zero-order valence-corrected chi connectivity index (χ0v) is 12.5. The molecule has 1 aromatic carbocycles. The Hall–Kier alpha value is -1.61. The van der Waals surface area contributed by atoms with Gasteiger partial charge in [0.25, 0.3) is 0 Å². The van der Waals surface area contributed by atoms with Gasteiger partial charge in [-0.05, 0) is 38.2 Å². The van der Waals surface area contributed by atoms with Crippen LogP contribution in [0.25, 0.3) is 0 Å². The minimum Gasteiger partial charge on any atom is -0.303 e. The number of benzene rings is 1. The van der Waals surface area contributed by atoms with E-state index >= 15 is 0 Å². The molecule has 0 radical (unpaired) electrons. The molecule has 2 aromatic rings.